The lowest BCUT2D eigenvalue weighted by Gasteiger charge is -2.10. The first-order valence-corrected chi connectivity index (χ1v) is 8.43. The van der Waals surface area contributed by atoms with E-state index in [-0.39, 0.29) is 23.0 Å². The Morgan fingerprint density at radius 2 is 2.22 bits per heavy atom. The van der Waals surface area contributed by atoms with Crippen molar-refractivity contribution in [1.82, 2.24) is 15.0 Å². The summed E-state index contributed by atoms with van der Waals surface area (Å²) in [6, 6.07) is 4.90. The molecule has 2 heterocycles. The minimum atomic E-state index is -1.03. The summed E-state index contributed by atoms with van der Waals surface area (Å²) in [7, 11) is 0. The van der Waals surface area contributed by atoms with Crippen molar-refractivity contribution < 1.29 is 19.1 Å². The van der Waals surface area contributed by atoms with Crippen LogP contribution in [0.3, 0.4) is 0 Å². The molecule has 0 saturated heterocycles. The van der Waals surface area contributed by atoms with Crippen LogP contribution in [0.4, 0.5) is 10.2 Å². The monoisotopic (exact) mass is 373 g/mol. The van der Waals surface area contributed by atoms with E-state index in [0.717, 1.165) is 12.1 Å². The molecule has 0 bridgehead atoms. The van der Waals surface area contributed by atoms with Gasteiger partial charge in [0.05, 0.1) is 6.21 Å². The van der Waals surface area contributed by atoms with Crippen molar-refractivity contribution in [2.24, 2.45) is 5.16 Å². The number of hydrogen-bond donors (Lipinski definition) is 3. The fourth-order valence-electron chi connectivity index (χ4n) is 2.52. The number of aromatic nitrogens is 3. The largest absolute Gasteiger partial charge is 0.435 e. The summed E-state index contributed by atoms with van der Waals surface area (Å²) in [6.45, 7) is 3.75. The number of ether oxygens (including phenoxy) is 1. The van der Waals surface area contributed by atoms with Gasteiger partial charge in [0.1, 0.15) is 17.7 Å². The van der Waals surface area contributed by atoms with Crippen molar-refractivity contribution in [1.29, 1.82) is 0 Å². The molecule has 0 aliphatic heterocycles. The fraction of sp³-hybridized carbons (Fsp3) is 0.278. The summed E-state index contributed by atoms with van der Waals surface area (Å²) in [4.78, 5) is 15.8. The summed E-state index contributed by atoms with van der Waals surface area (Å²) in [6.07, 6.45) is 2.56. The van der Waals surface area contributed by atoms with Crippen LogP contribution in [-0.2, 0) is 4.84 Å². The number of oxime groups is 1. The zero-order valence-electron chi connectivity index (χ0n) is 14.9. The third-order valence-electron chi connectivity index (χ3n) is 3.82. The maximum atomic E-state index is 14.7. The van der Waals surface area contributed by atoms with E-state index in [2.05, 4.69) is 20.1 Å². The smallest absolute Gasteiger partial charge is 0.233 e. The third-order valence-corrected chi connectivity index (χ3v) is 3.82. The molecule has 0 aliphatic rings. The molecule has 0 saturated carbocycles. The summed E-state index contributed by atoms with van der Waals surface area (Å²) in [5.74, 6) is -0.436. The fourth-order valence-corrected chi connectivity index (χ4v) is 2.52. The quantitative estimate of drug-likeness (QED) is 0.332. The van der Waals surface area contributed by atoms with E-state index in [1.54, 1.807) is 12.1 Å². The number of fused-ring (bicyclic) bond motifs is 1. The van der Waals surface area contributed by atoms with Crippen molar-refractivity contribution in [3.8, 4) is 11.6 Å². The maximum Gasteiger partial charge on any atom is 0.233 e. The highest BCUT2D eigenvalue weighted by Crippen LogP contribution is 2.31. The Balaban J connectivity index is 1.88. The van der Waals surface area contributed by atoms with Crippen LogP contribution in [0.25, 0.3) is 10.9 Å². The number of H-pyrrole nitrogens is 1. The van der Waals surface area contributed by atoms with Crippen LogP contribution in [0.15, 0.2) is 29.7 Å². The number of halogens is 1. The molecule has 0 amide bonds. The Hall–Kier alpha value is -3.20. The number of benzene rings is 1. The lowest BCUT2D eigenvalue weighted by Crippen LogP contribution is -2.08. The molecule has 4 N–H and O–H groups in total. The van der Waals surface area contributed by atoms with E-state index >= 15 is 0 Å². The van der Waals surface area contributed by atoms with Gasteiger partial charge in [0, 0.05) is 23.0 Å². The van der Waals surface area contributed by atoms with Gasteiger partial charge in [-0.1, -0.05) is 18.5 Å². The van der Waals surface area contributed by atoms with E-state index < -0.39 is 12.1 Å². The Bertz CT molecular complexity index is 973. The average Bonchev–Trinajstić information content (AvgIpc) is 3.01. The van der Waals surface area contributed by atoms with Gasteiger partial charge in [-0.15, -0.1) is 0 Å². The van der Waals surface area contributed by atoms with E-state index in [1.807, 2.05) is 13.8 Å². The van der Waals surface area contributed by atoms with E-state index in [9.17, 15) is 9.50 Å². The zero-order chi connectivity index (χ0) is 19.4. The average molecular weight is 373 g/mol. The molecule has 142 valence electrons. The second kappa shape index (κ2) is 8.00. The topological polar surface area (TPSA) is 119 Å². The summed E-state index contributed by atoms with van der Waals surface area (Å²) in [5, 5.41) is 13.7. The van der Waals surface area contributed by atoms with Crippen molar-refractivity contribution in [3.63, 3.8) is 0 Å². The molecule has 2 aromatic heterocycles. The van der Waals surface area contributed by atoms with Crippen LogP contribution in [0.5, 0.6) is 11.6 Å². The van der Waals surface area contributed by atoms with Gasteiger partial charge in [0.2, 0.25) is 12.2 Å². The number of anilines is 1. The normalized spacial score (nSPS) is 12.6. The number of aliphatic hydroxyl groups is 1. The van der Waals surface area contributed by atoms with E-state index in [0.29, 0.717) is 17.3 Å². The van der Waals surface area contributed by atoms with Crippen LogP contribution in [0.2, 0.25) is 0 Å². The van der Waals surface area contributed by atoms with Crippen LogP contribution >= 0.6 is 0 Å². The van der Waals surface area contributed by atoms with Gasteiger partial charge in [0.25, 0.3) is 0 Å². The Morgan fingerprint density at radius 3 is 3.00 bits per heavy atom. The van der Waals surface area contributed by atoms with Crippen LogP contribution in [0.1, 0.15) is 31.0 Å². The van der Waals surface area contributed by atoms with Gasteiger partial charge in [-0.3, -0.25) is 0 Å². The number of hydrogen-bond acceptors (Lipinski definition) is 7. The summed E-state index contributed by atoms with van der Waals surface area (Å²) < 4.78 is 20.3. The lowest BCUT2D eigenvalue weighted by molar-refractivity contribution is -0.101. The minimum Gasteiger partial charge on any atom is -0.435 e. The summed E-state index contributed by atoms with van der Waals surface area (Å²) >= 11 is 0. The molecular formula is C18H20FN5O3. The van der Waals surface area contributed by atoms with Gasteiger partial charge in [-0.2, -0.15) is 0 Å². The number of nitrogens with zero attached hydrogens (tertiary/aromatic N) is 3. The zero-order valence-corrected chi connectivity index (χ0v) is 14.9. The first-order valence-electron chi connectivity index (χ1n) is 8.43. The number of aliphatic hydroxyl groups excluding tert-OH is 1. The highest BCUT2D eigenvalue weighted by Gasteiger charge is 2.15. The number of nitrogen functional groups attached to an aromatic ring is 1. The predicted octanol–water partition coefficient (Wildman–Crippen LogP) is 3.25. The molecule has 8 nitrogen and oxygen atoms in total. The molecule has 0 aliphatic carbocycles. The Labute approximate surface area is 154 Å². The lowest BCUT2D eigenvalue weighted by atomic mass is 10.2. The highest BCUT2D eigenvalue weighted by molar-refractivity contribution is 5.88. The number of rotatable bonds is 7. The van der Waals surface area contributed by atoms with Gasteiger partial charge in [0.15, 0.2) is 11.6 Å². The molecule has 1 aromatic carbocycles. The first-order chi connectivity index (χ1) is 13.0. The molecule has 9 heteroatoms. The number of aromatic amines is 1. The van der Waals surface area contributed by atoms with Crippen molar-refractivity contribution >= 4 is 22.9 Å². The highest BCUT2D eigenvalue weighted by atomic mass is 19.1. The Kier molecular flexibility index (Phi) is 5.51. The number of nitrogens with two attached hydrogens (primary N) is 1. The Morgan fingerprint density at radius 1 is 1.41 bits per heavy atom. The molecule has 0 radical (unpaired) electrons. The second-order valence-corrected chi connectivity index (χ2v) is 5.95. The molecule has 1 atom stereocenters. The molecule has 0 fully saturated rings. The van der Waals surface area contributed by atoms with Crippen molar-refractivity contribution in [2.75, 3.05) is 5.73 Å². The maximum absolute atomic E-state index is 14.7. The van der Waals surface area contributed by atoms with Crippen molar-refractivity contribution in [3.05, 3.63) is 41.6 Å². The molecule has 3 rings (SSSR count). The third kappa shape index (κ3) is 4.14. The van der Waals surface area contributed by atoms with Gasteiger partial charge < -0.3 is 25.4 Å². The minimum absolute atomic E-state index is 0.0128. The molecule has 27 heavy (non-hydrogen) atoms. The first kappa shape index (κ1) is 18.6. The predicted molar refractivity (Wildman–Crippen MR) is 99.1 cm³/mol. The molecule has 0 spiro atoms. The van der Waals surface area contributed by atoms with E-state index in [1.165, 1.54) is 18.6 Å². The second-order valence-electron chi connectivity index (χ2n) is 5.95. The van der Waals surface area contributed by atoms with Gasteiger partial charge in [-0.05, 0) is 25.1 Å². The summed E-state index contributed by atoms with van der Waals surface area (Å²) in [5.41, 5.74) is 7.56. The van der Waals surface area contributed by atoms with Crippen LogP contribution in [0, 0.1) is 12.7 Å². The van der Waals surface area contributed by atoms with Crippen LogP contribution in [-0.4, -0.2) is 32.6 Å². The standard InChI is InChI=1S/C18H20FN5O3/c1-3-4-15(25)27-23-8-12-17(20)21-9-22-18(12)26-14-6-5-13-11(16(14)19)7-10(2)24-13/h5-9,15,24-25H,3-4H2,1-2H3,(H2,20,21,22). The van der Waals surface area contributed by atoms with Gasteiger partial charge in [-0.25, -0.2) is 14.4 Å². The molecule has 3 aromatic rings. The van der Waals surface area contributed by atoms with Crippen LogP contribution < -0.4 is 10.5 Å². The van der Waals surface area contributed by atoms with E-state index in [4.69, 9.17) is 15.3 Å². The van der Waals surface area contributed by atoms with Crippen molar-refractivity contribution in [2.45, 2.75) is 33.0 Å². The number of aryl methyl sites for hydroxylation is 1. The number of nitrogens with one attached hydrogen (secondary N) is 1. The molecule has 1 unspecified atom stereocenters. The molecular weight excluding hydrogens is 353 g/mol. The SMILES string of the molecule is CCCC(O)ON=Cc1c(N)ncnc1Oc1ccc2[nH]c(C)cc2c1F. The van der Waals surface area contributed by atoms with Gasteiger partial charge >= 0.3 is 0 Å².